The second kappa shape index (κ2) is 7.89. The summed E-state index contributed by atoms with van der Waals surface area (Å²) in [4.78, 5) is 56.1. The first-order valence-electron chi connectivity index (χ1n) is 11.2. The number of carbonyl (C=O) groups is 4. The number of anilines is 2. The molecular formula is C27H17BN2O6. The molecule has 0 spiro atoms. The van der Waals surface area contributed by atoms with Crippen molar-refractivity contribution in [2.45, 2.75) is 6.92 Å². The molecule has 1 N–H and O–H groups in total. The molecule has 0 saturated carbocycles. The third-order valence-electron chi connectivity index (χ3n) is 6.51. The molecule has 8 nitrogen and oxygen atoms in total. The summed E-state index contributed by atoms with van der Waals surface area (Å²) in [6.07, 6.45) is 0. The van der Waals surface area contributed by atoms with Gasteiger partial charge in [-0.05, 0) is 67.6 Å². The van der Waals surface area contributed by atoms with Crippen LogP contribution in [-0.4, -0.2) is 36.3 Å². The Morgan fingerprint density at radius 3 is 1.31 bits per heavy atom. The van der Waals surface area contributed by atoms with Crippen molar-refractivity contribution >= 4 is 53.5 Å². The maximum Gasteiger partial charge on any atom is 0.504 e. The van der Waals surface area contributed by atoms with Crippen LogP contribution in [0.5, 0.6) is 5.75 Å². The molecule has 0 aliphatic carbocycles. The summed E-state index contributed by atoms with van der Waals surface area (Å²) < 4.78 is 5.02. The normalized spacial score (nSPS) is 14.5. The molecular weight excluding hydrogens is 459 g/mol. The van der Waals surface area contributed by atoms with Gasteiger partial charge in [0.05, 0.1) is 11.4 Å². The van der Waals surface area contributed by atoms with Crippen LogP contribution >= 0.6 is 0 Å². The maximum absolute atomic E-state index is 13.5. The van der Waals surface area contributed by atoms with Crippen molar-refractivity contribution in [3.63, 3.8) is 0 Å². The minimum absolute atomic E-state index is 0.227. The van der Waals surface area contributed by atoms with Crippen LogP contribution in [0, 0.1) is 6.92 Å². The third kappa shape index (κ3) is 3.00. The SMILES string of the molecule is Cc1ccc(N2C(=O)c3ccc4c5c(ccc(c35)C2=O)C(=O)N(c2ccc(OBO)cc2)C4=O)cc1. The minimum atomic E-state index is -0.562. The lowest BCUT2D eigenvalue weighted by molar-refractivity contribution is 0.0873. The van der Waals surface area contributed by atoms with Gasteiger partial charge >= 0.3 is 7.69 Å². The first kappa shape index (κ1) is 21.8. The Morgan fingerprint density at radius 1 is 0.583 bits per heavy atom. The largest absolute Gasteiger partial charge is 0.539 e. The van der Waals surface area contributed by atoms with Gasteiger partial charge in [-0.2, -0.15) is 0 Å². The van der Waals surface area contributed by atoms with Gasteiger partial charge in [-0.15, -0.1) is 0 Å². The summed E-state index contributed by atoms with van der Waals surface area (Å²) in [5, 5.41) is 9.55. The summed E-state index contributed by atoms with van der Waals surface area (Å²) in [5.41, 5.74) is 2.73. The van der Waals surface area contributed by atoms with Crippen LogP contribution in [0.3, 0.4) is 0 Å². The molecule has 0 radical (unpaired) electrons. The standard InChI is InChI=1S/C27H17BN2O6/c1-14-2-4-15(5-3-14)29-24(31)18-10-12-20-23-21(13-11-19(22(18)23)25(29)32)27(34)30(26(20)33)16-6-8-17(9-7-16)36-28-35/h2-13,28,35H,1H3. The van der Waals surface area contributed by atoms with Gasteiger partial charge in [0.2, 0.25) is 0 Å². The van der Waals surface area contributed by atoms with E-state index in [0.29, 0.717) is 27.9 Å². The van der Waals surface area contributed by atoms with E-state index in [1.165, 1.54) is 24.3 Å². The molecule has 4 amide bonds. The molecule has 36 heavy (non-hydrogen) atoms. The van der Waals surface area contributed by atoms with Gasteiger partial charge in [-0.25, -0.2) is 9.80 Å². The highest BCUT2D eigenvalue weighted by molar-refractivity contribution is 6.42. The van der Waals surface area contributed by atoms with Crippen molar-refractivity contribution in [3.8, 4) is 5.75 Å². The number of hydrogen-bond acceptors (Lipinski definition) is 6. The number of amides is 4. The molecule has 2 aliphatic heterocycles. The van der Waals surface area contributed by atoms with Gasteiger partial charge in [0, 0.05) is 33.0 Å². The second-order valence-electron chi connectivity index (χ2n) is 8.57. The van der Waals surface area contributed by atoms with E-state index in [0.717, 1.165) is 15.4 Å². The van der Waals surface area contributed by atoms with E-state index in [2.05, 4.69) is 0 Å². The zero-order valence-corrected chi connectivity index (χ0v) is 19.0. The Kier molecular flexibility index (Phi) is 4.77. The summed E-state index contributed by atoms with van der Waals surface area (Å²) in [6.45, 7) is 1.91. The van der Waals surface area contributed by atoms with Crippen LogP contribution in [0.2, 0.25) is 0 Å². The van der Waals surface area contributed by atoms with E-state index >= 15 is 0 Å². The Balaban J connectivity index is 1.49. The summed E-state index contributed by atoms with van der Waals surface area (Å²) in [5.74, 6) is -1.77. The second-order valence-corrected chi connectivity index (χ2v) is 8.57. The van der Waals surface area contributed by atoms with Crippen molar-refractivity contribution < 1.29 is 28.9 Å². The topological polar surface area (TPSA) is 104 Å². The monoisotopic (exact) mass is 476 g/mol. The highest BCUT2D eigenvalue weighted by atomic mass is 16.5. The molecule has 0 fully saturated rings. The molecule has 0 unspecified atom stereocenters. The lowest BCUT2D eigenvalue weighted by Gasteiger charge is -2.32. The maximum atomic E-state index is 13.5. The van der Waals surface area contributed by atoms with E-state index < -0.39 is 31.3 Å². The molecule has 9 heteroatoms. The molecule has 0 aromatic heterocycles. The van der Waals surface area contributed by atoms with Gasteiger partial charge < -0.3 is 9.68 Å². The van der Waals surface area contributed by atoms with Crippen molar-refractivity contribution in [3.05, 3.63) is 101 Å². The van der Waals surface area contributed by atoms with Gasteiger partial charge in [-0.3, -0.25) is 19.2 Å². The molecule has 174 valence electrons. The molecule has 0 bridgehead atoms. The average Bonchev–Trinajstić information content (AvgIpc) is 2.88. The van der Waals surface area contributed by atoms with Crippen LogP contribution in [0.1, 0.15) is 47.0 Å². The highest BCUT2D eigenvalue weighted by Crippen LogP contribution is 2.40. The Bertz CT molecular complexity index is 1560. The summed E-state index contributed by atoms with van der Waals surface area (Å²) in [7, 11) is -0.500. The Morgan fingerprint density at radius 2 is 0.944 bits per heavy atom. The van der Waals surface area contributed by atoms with Crippen LogP contribution < -0.4 is 14.5 Å². The lowest BCUT2D eigenvalue weighted by Crippen LogP contribution is -2.43. The smallest absolute Gasteiger partial charge is 0.504 e. The number of nitrogens with zero attached hydrogens (tertiary/aromatic N) is 2. The molecule has 2 heterocycles. The quantitative estimate of drug-likeness (QED) is 0.358. The van der Waals surface area contributed by atoms with Gasteiger partial charge in [0.15, 0.2) is 0 Å². The zero-order valence-electron chi connectivity index (χ0n) is 19.0. The first-order chi connectivity index (χ1) is 17.4. The van der Waals surface area contributed by atoms with Crippen molar-refractivity contribution in [1.29, 1.82) is 0 Å². The van der Waals surface area contributed by atoms with Crippen molar-refractivity contribution in [2.24, 2.45) is 0 Å². The van der Waals surface area contributed by atoms with Crippen LogP contribution in [-0.2, 0) is 0 Å². The van der Waals surface area contributed by atoms with E-state index in [9.17, 15) is 19.2 Å². The predicted molar refractivity (Wildman–Crippen MR) is 134 cm³/mol. The fourth-order valence-electron chi connectivity index (χ4n) is 4.80. The Hall–Kier alpha value is -4.76. The number of carbonyl (C=O) groups excluding carboxylic acids is 4. The van der Waals surface area contributed by atoms with Crippen LogP contribution in [0.4, 0.5) is 11.4 Å². The molecule has 6 rings (SSSR count). The van der Waals surface area contributed by atoms with Gasteiger partial charge in [-0.1, -0.05) is 17.7 Å². The summed E-state index contributed by atoms with van der Waals surface area (Å²) >= 11 is 0. The molecule has 2 aliphatic rings. The third-order valence-corrected chi connectivity index (χ3v) is 6.51. The van der Waals surface area contributed by atoms with Gasteiger partial charge in [0.25, 0.3) is 23.6 Å². The number of benzene rings is 4. The molecule has 0 atom stereocenters. The molecule has 0 saturated heterocycles. The molecule has 4 aromatic carbocycles. The van der Waals surface area contributed by atoms with E-state index in [-0.39, 0.29) is 22.3 Å². The number of hydrogen-bond donors (Lipinski definition) is 1. The number of imide groups is 2. The van der Waals surface area contributed by atoms with E-state index in [1.54, 1.807) is 36.4 Å². The summed E-state index contributed by atoms with van der Waals surface area (Å²) in [6, 6.07) is 19.3. The zero-order chi connectivity index (χ0) is 25.1. The average molecular weight is 476 g/mol. The Labute approximate surface area is 205 Å². The van der Waals surface area contributed by atoms with E-state index in [4.69, 9.17) is 9.68 Å². The minimum Gasteiger partial charge on any atom is -0.539 e. The van der Waals surface area contributed by atoms with Crippen LogP contribution in [0.15, 0.2) is 72.8 Å². The van der Waals surface area contributed by atoms with Crippen LogP contribution in [0.25, 0.3) is 10.8 Å². The predicted octanol–water partition coefficient (Wildman–Crippen LogP) is 3.39. The first-order valence-corrected chi connectivity index (χ1v) is 11.2. The van der Waals surface area contributed by atoms with E-state index in [1.807, 2.05) is 19.1 Å². The number of rotatable bonds is 4. The lowest BCUT2D eigenvalue weighted by atomic mass is 9.85. The van der Waals surface area contributed by atoms with Gasteiger partial charge in [0.1, 0.15) is 5.75 Å². The number of aryl methyl sites for hydroxylation is 1. The fraction of sp³-hybridized carbons (Fsp3) is 0.0370. The fourth-order valence-corrected chi connectivity index (χ4v) is 4.80. The highest BCUT2D eigenvalue weighted by Gasteiger charge is 2.40. The molecule has 4 aromatic rings. The van der Waals surface area contributed by atoms with Crippen molar-refractivity contribution in [2.75, 3.05) is 9.80 Å². The van der Waals surface area contributed by atoms with Crippen molar-refractivity contribution in [1.82, 2.24) is 0 Å².